The maximum atomic E-state index is 12.7. The van der Waals surface area contributed by atoms with Crippen LogP contribution in [0, 0.1) is 0 Å². The zero-order chi connectivity index (χ0) is 15.5. The molecule has 0 aromatic heterocycles. The number of nitrogens with two attached hydrogens (primary N) is 1. The topological polar surface area (TPSA) is 55.6 Å². The minimum atomic E-state index is -0.533. The first kappa shape index (κ1) is 14.4. The van der Waals surface area contributed by atoms with E-state index in [2.05, 4.69) is 0 Å². The third-order valence-electron chi connectivity index (χ3n) is 3.96. The van der Waals surface area contributed by atoms with Crippen LogP contribution < -0.4 is 15.4 Å². The summed E-state index contributed by atoms with van der Waals surface area (Å²) in [6.45, 7) is 2.49. The zero-order valence-electron chi connectivity index (χ0n) is 12.7. The monoisotopic (exact) mass is 296 g/mol. The predicted octanol–water partition coefficient (Wildman–Crippen LogP) is 3.02. The normalized spacial score (nSPS) is 15.0. The van der Waals surface area contributed by atoms with Crippen LogP contribution >= 0.6 is 0 Å². The largest absolute Gasteiger partial charge is 0.481 e. The van der Waals surface area contributed by atoms with Crippen molar-refractivity contribution >= 4 is 17.3 Å². The Bertz CT molecular complexity index is 670. The maximum Gasteiger partial charge on any atom is 0.267 e. The van der Waals surface area contributed by atoms with Crippen LogP contribution in [0.1, 0.15) is 18.9 Å². The molecule has 0 bridgehead atoms. The molecule has 2 aromatic rings. The summed E-state index contributed by atoms with van der Waals surface area (Å²) in [5.41, 5.74) is 8.77. The minimum absolute atomic E-state index is 0.0320. The van der Waals surface area contributed by atoms with E-state index >= 15 is 0 Å². The van der Waals surface area contributed by atoms with E-state index < -0.39 is 6.10 Å². The van der Waals surface area contributed by atoms with Crippen molar-refractivity contribution in [3.05, 3.63) is 54.1 Å². The van der Waals surface area contributed by atoms with Crippen molar-refractivity contribution in [1.29, 1.82) is 0 Å². The first-order chi connectivity index (χ1) is 10.7. The molecular formula is C18H20N2O2. The van der Waals surface area contributed by atoms with Gasteiger partial charge in [-0.25, -0.2) is 0 Å². The summed E-state index contributed by atoms with van der Waals surface area (Å²) in [5.74, 6) is 0.670. The summed E-state index contributed by atoms with van der Waals surface area (Å²) in [6, 6.07) is 15.1. The van der Waals surface area contributed by atoms with Crippen LogP contribution in [-0.4, -0.2) is 18.6 Å². The van der Waals surface area contributed by atoms with Crippen molar-refractivity contribution in [3.8, 4) is 5.75 Å². The first-order valence-electron chi connectivity index (χ1n) is 7.57. The lowest BCUT2D eigenvalue weighted by Crippen LogP contribution is -2.43. The fraction of sp³-hybridized carbons (Fsp3) is 0.278. The molecule has 0 spiro atoms. The van der Waals surface area contributed by atoms with Crippen LogP contribution in [0.4, 0.5) is 11.4 Å². The van der Waals surface area contributed by atoms with Gasteiger partial charge in [-0.05, 0) is 49.6 Å². The molecule has 4 nitrogen and oxygen atoms in total. The van der Waals surface area contributed by atoms with E-state index in [9.17, 15) is 4.79 Å². The number of nitrogens with zero attached hydrogens (tertiary/aromatic N) is 1. The number of amides is 1. The Labute approximate surface area is 130 Å². The van der Waals surface area contributed by atoms with Crippen LogP contribution in [-0.2, 0) is 11.2 Å². The van der Waals surface area contributed by atoms with Gasteiger partial charge in [-0.3, -0.25) is 4.79 Å². The summed E-state index contributed by atoms with van der Waals surface area (Å²) >= 11 is 0. The van der Waals surface area contributed by atoms with E-state index in [0.29, 0.717) is 12.3 Å². The molecule has 0 aliphatic carbocycles. The number of hydrogen-bond donors (Lipinski definition) is 1. The Kier molecular flexibility index (Phi) is 4.00. The molecule has 0 saturated heterocycles. The van der Waals surface area contributed by atoms with Gasteiger partial charge in [0.05, 0.1) is 0 Å². The van der Waals surface area contributed by atoms with Crippen molar-refractivity contribution in [3.63, 3.8) is 0 Å². The number of anilines is 2. The number of ether oxygens (including phenoxy) is 1. The number of carbonyl (C=O) groups is 1. The molecule has 114 valence electrons. The highest BCUT2D eigenvalue weighted by atomic mass is 16.5. The quantitative estimate of drug-likeness (QED) is 0.886. The molecule has 2 aromatic carbocycles. The summed E-state index contributed by atoms with van der Waals surface area (Å²) in [5, 5.41) is 0. The van der Waals surface area contributed by atoms with Gasteiger partial charge in [0, 0.05) is 17.9 Å². The molecule has 22 heavy (non-hydrogen) atoms. The number of rotatable bonds is 3. The fourth-order valence-corrected chi connectivity index (χ4v) is 2.85. The molecule has 0 fully saturated rings. The Morgan fingerprint density at radius 2 is 1.95 bits per heavy atom. The summed E-state index contributed by atoms with van der Waals surface area (Å²) in [7, 11) is 0. The lowest BCUT2D eigenvalue weighted by molar-refractivity contribution is -0.124. The van der Waals surface area contributed by atoms with E-state index in [1.807, 2.05) is 48.5 Å². The second-order valence-corrected chi connectivity index (χ2v) is 5.51. The van der Waals surface area contributed by atoms with Gasteiger partial charge in [0.1, 0.15) is 5.75 Å². The minimum Gasteiger partial charge on any atom is -0.481 e. The molecule has 3 rings (SSSR count). The third-order valence-corrected chi connectivity index (χ3v) is 3.96. The number of carbonyl (C=O) groups excluding carboxylic acids is 1. The van der Waals surface area contributed by atoms with Crippen LogP contribution in [0.3, 0.4) is 0 Å². The average molecular weight is 296 g/mol. The van der Waals surface area contributed by atoms with Crippen molar-refractivity contribution in [2.45, 2.75) is 25.9 Å². The highest BCUT2D eigenvalue weighted by Gasteiger charge is 2.28. The van der Waals surface area contributed by atoms with E-state index in [4.69, 9.17) is 10.5 Å². The van der Waals surface area contributed by atoms with Crippen LogP contribution in [0.15, 0.2) is 48.5 Å². The van der Waals surface area contributed by atoms with Crippen LogP contribution in [0.5, 0.6) is 5.75 Å². The molecule has 0 saturated carbocycles. The lowest BCUT2D eigenvalue weighted by atomic mass is 9.99. The molecule has 1 atom stereocenters. The van der Waals surface area contributed by atoms with Gasteiger partial charge in [-0.2, -0.15) is 0 Å². The van der Waals surface area contributed by atoms with Gasteiger partial charge >= 0.3 is 0 Å². The van der Waals surface area contributed by atoms with Gasteiger partial charge in [0.2, 0.25) is 0 Å². The van der Waals surface area contributed by atoms with Gasteiger partial charge < -0.3 is 15.4 Å². The van der Waals surface area contributed by atoms with E-state index in [-0.39, 0.29) is 5.91 Å². The molecule has 1 unspecified atom stereocenters. The Morgan fingerprint density at radius 3 is 2.73 bits per heavy atom. The van der Waals surface area contributed by atoms with Crippen molar-refractivity contribution < 1.29 is 9.53 Å². The Morgan fingerprint density at radius 1 is 1.18 bits per heavy atom. The van der Waals surface area contributed by atoms with E-state index in [0.717, 1.165) is 29.8 Å². The molecule has 1 aliphatic heterocycles. The van der Waals surface area contributed by atoms with Gasteiger partial charge in [0.15, 0.2) is 6.10 Å². The molecule has 0 radical (unpaired) electrons. The second kappa shape index (κ2) is 6.10. The maximum absolute atomic E-state index is 12.7. The van der Waals surface area contributed by atoms with Crippen LogP contribution in [0.2, 0.25) is 0 Å². The number of benzene rings is 2. The number of hydrogen-bond acceptors (Lipinski definition) is 3. The van der Waals surface area contributed by atoms with Crippen LogP contribution in [0.25, 0.3) is 0 Å². The first-order valence-corrected chi connectivity index (χ1v) is 7.57. The van der Waals surface area contributed by atoms with Gasteiger partial charge in [-0.15, -0.1) is 0 Å². The molecule has 1 amide bonds. The average Bonchev–Trinajstić information content (AvgIpc) is 2.55. The number of para-hydroxylation sites is 1. The summed E-state index contributed by atoms with van der Waals surface area (Å²) < 4.78 is 5.75. The van der Waals surface area contributed by atoms with Gasteiger partial charge in [-0.1, -0.05) is 24.3 Å². The second-order valence-electron chi connectivity index (χ2n) is 5.51. The SMILES string of the molecule is CC(Oc1ccccc1)C(=O)N1CCCc2c(N)cccc21. The predicted molar refractivity (Wildman–Crippen MR) is 88.1 cm³/mol. The summed E-state index contributed by atoms with van der Waals surface area (Å²) in [6.07, 6.45) is 1.31. The molecule has 2 N–H and O–H groups in total. The van der Waals surface area contributed by atoms with Crippen molar-refractivity contribution in [2.75, 3.05) is 17.2 Å². The van der Waals surface area contributed by atoms with Crippen molar-refractivity contribution in [1.82, 2.24) is 0 Å². The fourth-order valence-electron chi connectivity index (χ4n) is 2.85. The number of nitrogen functional groups attached to an aromatic ring is 1. The molecule has 1 aliphatic rings. The highest BCUT2D eigenvalue weighted by molar-refractivity contribution is 5.98. The van der Waals surface area contributed by atoms with Crippen molar-refractivity contribution in [2.24, 2.45) is 0 Å². The standard InChI is InChI=1S/C18H20N2O2/c1-13(22-14-7-3-2-4-8-14)18(21)20-12-6-9-15-16(19)10-5-11-17(15)20/h2-5,7-8,10-11,13H,6,9,12,19H2,1H3. The lowest BCUT2D eigenvalue weighted by Gasteiger charge is -2.32. The summed E-state index contributed by atoms with van der Waals surface area (Å²) in [4.78, 5) is 14.5. The molecule has 1 heterocycles. The smallest absolute Gasteiger partial charge is 0.267 e. The molecular weight excluding hydrogens is 276 g/mol. The third kappa shape index (κ3) is 2.77. The van der Waals surface area contributed by atoms with Gasteiger partial charge in [0.25, 0.3) is 5.91 Å². The van der Waals surface area contributed by atoms with E-state index in [1.165, 1.54) is 0 Å². The molecule has 4 heteroatoms. The Balaban J connectivity index is 1.80. The Hall–Kier alpha value is -2.49. The zero-order valence-corrected chi connectivity index (χ0v) is 12.7. The highest BCUT2D eigenvalue weighted by Crippen LogP contribution is 2.31. The number of fused-ring (bicyclic) bond motifs is 1. The van der Waals surface area contributed by atoms with E-state index in [1.54, 1.807) is 11.8 Å².